The van der Waals surface area contributed by atoms with E-state index in [1.165, 1.54) is 32.1 Å². The normalized spacial score (nSPS) is 15.0. The standard InChI is InChI=1S/C20H22BrN3OS/c21-16-8-12-19(13-9-16)25-18-10-6-15(7-11-18)14-22-24-20(26)23-17-4-2-1-3-5-17/h6-14,17H,1-5H2,(H2,23,24,26)/b22-14+. The molecular weight excluding hydrogens is 410 g/mol. The molecule has 2 N–H and O–H groups in total. The molecule has 26 heavy (non-hydrogen) atoms. The maximum absolute atomic E-state index is 5.80. The highest BCUT2D eigenvalue weighted by Gasteiger charge is 2.13. The first-order valence-electron chi connectivity index (χ1n) is 8.82. The van der Waals surface area contributed by atoms with Crippen LogP contribution in [-0.4, -0.2) is 17.4 Å². The number of ether oxygens (including phenoxy) is 1. The molecule has 0 atom stereocenters. The summed E-state index contributed by atoms with van der Waals surface area (Å²) in [6.07, 6.45) is 8.00. The van der Waals surface area contributed by atoms with E-state index in [1.54, 1.807) is 6.21 Å². The van der Waals surface area contributed by atoms with Crippen LogP contribution in [0.4, 0.5) is 0 Å². The van der Waals surface area contributed by atoms with E-state index in [0.717, 1.165) is 21.5 Å². The summed E-state index contributed by atoms with van der Waals surface area (Å²) >= 11 is 8.71. The smallest absolute Gasteiger partial charge is 0.187 e. The van der Waals surface area contributed by atoms with Crippen molar-refractivity contribution in [3.8, 4) is 11.5 Å². The van der Waals surface area contributed by atoms with E-state index in [4.69, 9.17) is 17.0 Å². The van der Waals surface area contributed by atoms with Crippen LogP contribution in [0.1, 0.15) is 37.7 Å². The second-order valence-corrected chi connectivity index (χ2v) is 7.63. The molecule has 0 radical (unpaired) electrons. The van der Waals surface area contributed by atoms with Crippen LogP contribution in [0.25, 0.3) is 0 Å². The third-order valence-corrected chi connectivity index (χ3v) is 4.99. The summed E-state index contributed by atoms with van der Waals surface area (Å²) < 4.78 is 6.83. The fraction of sp³-hybridized carbons (Fsp3) is 0.300. The molecular formula is C20H22BrN3OS. The first-order valence-corrected chi connectivity index (χ1v) is 10.0. The first-order chi connectivity index (χ1) is 12.7. The Hall–Kier alpha value is -1.92. The van der Waals surface area contributed by atoms with Crippen LogP contribution < -0.4 is 15.5 Å². The van der Waals surface area contributed by atoms with Gasteiger partial charge in [0.2, 0.25) is 0 Å². The van der Waals surface area contributed by atoms with Gasteiger partial charge in [0.15, 0.2) is 5.11 Å². The second kappa shape index (κ2) is 9.69. The molecule has 4 nitrogen and oxygen atoms in total. The molecule has 0 bridgehead atoms. The fourth-order valence-electron chi connectivity index (χ4n) is 2.89. The minimum atomic E-state index is 0.481. The quantitative estimate of drug-likeness (QED) is 0.379. The maximum Gasteiger partial charge on any atom is 0.187 e. The molecule has 0 aliphatic heterocycles. The van der Waals surface area contributed by atoms with Crippen molar-refractivity contribution in [2.45, 2.75) is 38.1 Å². The summed E-state index contributed by atoms with van der Waals surface area (Å²) in [6.45, 7) is 0. The number of halogens is 1. The third-order valence-electron chi connectivity index (χ3n) is 4.25. The summed E-state index contributed by atoms with van der Waals surface area (Å²) in [4.78, 5) is 0. The molecule has 3 rings (SSSR count). The molecule has 0 spiro atoms. The van der Waals surface area contributed by atoms with Gasteiger partial charge in [-0.15, -0.1) is 0 Å². The fourth-order valence-corrected chi connectivity index (χ4v) is 3.37. The van der Waals surface area contributed by atoms with Crippen molar-refractivity contribution in [1.29, 1.82) is 0 Å². The van der Waals surface area contributed by atoms with Gasteiger partial charge in [0.05, 0.1) is 6.21 Å². The molecule has 0 heterocycles. The molecule has 2 aromatic carbocycles. The molecule has 1 saturated carbocycles. The highest BCUT2D eigenvalue weighted by molar-refractivity contribution is 9.10. The van der Waals surface area contributed by atoms with Crippen molar-refractivity contribution in [3.05, 3.63) is 58.6 Å². The lowest BCUT2D eigenvalue weighted by Gasteiger charge is -2.23. The maximum atomic E-state index is 5.80. The Balaban J connectivity index is 1.46. The van der Waals surface area contributed by atoms with Gasteiger partial charge in [-0.05, 0) is 79.2 Å². The van der Waals surface area contributed by atoms with Gasteiger partial charge in [-0.25, -0.2) is 0 Å². The molecule has 0 aromatic heterocycles. The monoisotopic (exact) mass is 431 g/mol. The molecule has 6 heteroatoms. The Morgan fingerprint density at radius 2 is 1.62 bits per heavy atom. The van der Waals surface area contributed by atoms with Gasteiger partial charge < -0.3 is 10.1 Å². The third kappa shape index (κ3) is 6.11. The van der Waals surface area contributed by atoms with Crippen LogP contribution in [0.5, 0.6) is 11.5 Å². The largest absolute Gasteiger partial charge is 0.457 e. The van der Waals surface area contributed by atoms with E-state index >= 15 is 0 Å². The average molecular weight is 432 g/mol. The number of hydrogen-bond donors (Lipinski definition) is 2. The first kappa shape index (κ1) is 18.9. The zero-order valence-corrected chi connectivity index (χ0v) is 16.9. The number of benzene rings is 2. The van der Waals surface area contributed by atoms with Gasteiger partial charge in [-0.3, -0.25) is 5.43 Å². The van der Waals surface area contributed by atoms with E-state index in [1.807, 2.05) is 48.5 Å². The summed E-state index contributed by atoms with van der Waals surface area (Å²) in [5.41, 5.74) is 3.87. The lowest BCUT2D eigenvalue weighted by Crippen LogP contribution is -2.40. The summed E-state index contributed by atoms with van der Waals surface area (Å²) in [5.74, 6) is 1.59. The molecule has 2 aromatic rings. The minimum absolute atomic E-state index is 0.481. The van der Waals surface area contributed by atoms with Gasteiger partial charge in [-0.2, -0.15) is 5.10 Å². The number of hydrogen-bond acceptors (Lipinski definition) is 3. The Kier molecular flexibility index (Phi) is 7.03. The number of hydrazone groups is 1. The summed E-state index contributed by atoms with van der Waals surface area (Å²) in [5, 5.41) is 8.12. The second-order valence-electron chi connectivity index (χ2n) is 6.30. The van der Waals surface area contributed by atoms with Crippen molar-refractivity contribution < 1.29 is 4.74 Å². The van der Waals surface area contributed by atoms with Gasteiger partial charge in [0.25, 0.3) is 0 Å². The van der Waals surface area contributed by atoms with Crippen molar-refractivity contribution in [2.75, 3.05) is 0 Å². The highest BCUT2D eigenvalue weighted by atomic mass is 79.9. The van der Waals surface area contributed by atoms with Crippen molar-refractivity contribution in [2.24, 2.45) is 5.10 Å². The minimum Gasteiger partial charge on any atom is -0.457 e. The topological polar surface area (TPSA) is 45.7 Å². The predicted molar refractivity (Wildman–Crippen MR) is 114 cm³/mol. The Morgan fingerprint density at radius 1 is 1.00 bits per heavy atom. The lowest BCUT2D eigenvalue weighted by molar-refractivity contribution is 0.412. The molecule has 0 unspecified atom stereocenters. The molecule has 1 aliphatic rings. The molecule has 1 aliphatic carbocycles. The number of thiocarbonyl (C=S) groups is 1. The van der Waals surface area contributed by atoms with Gasteiger partial charge >= 0.3 is 0 Å². The SMILES string of the molecule is S=C(N/N=C/c1ccc(Oc2ccc(Br)cc2)cc1)NC1CCCCC1. The Bertz CT molecular complexity index is 741. The van der Waals surface area contributed by atoms with Crippen molar-refractivity contribution >= 4 is 39.5 Å². The zero-order chi connectivity index (χ0) is 18.2. The van der Waals surface area contributed by atoms with Gasteiger partial charge in [-0.1, -0.05) is 35.2 Å². The zero-order valence-electron chi connectivity index (χ0n) is 14.5. The van der Waals surface area contributed by atoms with Gasteiger partial charge in [0.1, 0.15) is 11.5 Å². The summed E-state index contributed by atoms with van der Waals surface area (Å²) in [6, 6.07) is 16.0. The van der Waals surface area contributed by atoms with Crippen LogP contribution in [0.2, 0.25) is 0 Å². The van der Waals surface area contributed by atoms with E-state index in [2.05, 4.69) is 31.8 Å². The predicted octanol–water partition coefficient (Wildman–Crippen LogP) is 5.37. The van der Waals surface area contributed by atoms with E-state index < -0.39 is 0 Å². The van der Waals surface area contributed by atoms with Crippen LogP contribution in [0, 0.1) is 0 Å². The van der Waals surface area contributed by atoms with Gasteiger partial charge in [0, 0.05) is 10.5 Å². The molecule has 136 valence electrons. The van der Waals surface area contributed by atoms with Crippen molar-refractivity contribution in [1.82, 2.24) is 10.7 Å². The highest BCUT2D eigenvalue weighted by Crippen LogP contribution is 2.23. The Morgan fingerprint density at radius 3 is 2.27 bits per heavy atom. The van der Waals surface area contributed by atoms with E-state index in [0.29, 0.717) is 11.2 Å². The number of nitrogens with one attached hydrogen (secondary N) is 2. The van der Waals surface area contributed by atoms with Crippen LogP contribution in [0.3, 0.4) is 0 Å². The average Bonchev–Trinajstić information content (AvgIpc) is 2.66. The number of nitrogens with zero attached hydrogens (tertiary/aromatic N) is 1. The lowest BCUT2D eigenvalue weighted by atomic mass is 9.96. The van der Waals surface area contributed by atoms with E-state index in [-0.39, 0.29) is 0 Å². The van der Waals surface area contributed by atoms with Crippen LogP contribution in [0.15, 0.2) is 58.1 Å². The summed E-state index contributed by atoms with van der Waals surface area (Å²) in [7, 11) is 0. The molecule has 0 saturated heterocycles. The van der Waals surface area contributed by atoms with Crippen molar-refractivity contribution in [3.63, 3.8) is 0 Å². The number of rotatable bonds is 5. The molecule has 0 amide bonds. The molecule has 1 fully saturated rings. The van der Waals surface area contributed by atoms with Crippen LogP contribution in [-0.2, 0) is 0 Å². The van der Waals surface area contributed by atoms with Crippen LogP contribution >= 0.6 is 28.1 Å². The Labute approximate surface area is 168 Å². The van der Waals surface area contributed by atoms with E-state index in [9.17, 15) is 0 Å².